The molecule has 1 unspecified atom stereocenters. The molecule has 1 aromatic heterocycles. The molecule has 1 aromatic rings. The van der Waals surface area contributed by atoms with E-state index in [1.54, 1.807) is 4.90 Å². The van der Waals surface area contributed by atoms with E-state index in [0.29, 0.717) is 13.1 Å². The second kappa shape index (κ2) is 8.05. The van der Waals surface area contributed by atoms with Gasteiger partial charge in [0.15, 0.2) is 0 Å². The second-order valence-corrected chi connectivity index (χ2v) is 8.73. The number of rotatable bonds is 5. The molecular formula is C19H31N7O2. The molecule has 4 rings (SSSR count). The van der Waals surface area contributed by atoms with Crippen LogP contribution in [0.2, 0.25) is 0 Å². The van der Waals surface area contributed by atoms with Gasteiger partial charge in [-0.15, -0.1) is 0 Å². The molecule has 0 aromatic carbocycles. The van der Waals surface area contributed by atoms with Gasteiger partial charge in [-0.25, -0.2) is 4.68 Å². The third-order valence-electron chi connectivity index (χ3n) is 6.91. The summed E-state index contributed by atoms with van der Waals surface area (Å²) >= 11 is 0. The smallest absolute Gasteiger partial charge is 0.244 e. The number of carbonyl (C=O) groups is 2. The van der Waals surface area contributed by atoms with Crippen LogP contribution in [0.15, 0.2) is 0 Å². The predicted octanol–water partition coefficient (Wildman–Crippen LogP) is 1.07. The Morgan fingerprint density at radius 2 is 1.96 bits per heavy atom. The van der Waals surface area contributed by atoms with Crippen molar-refractivity contribution in [1.82, 2.24) is 30.0 Å². The van der Waals surface area contributed by atoms with E-state index in [-0.39, 0.29) is 24.3 Å². The number of nitrogen functional groups attached to an aromatic ring is 1. The van der Waals surface area contributed by atoms with Gasteiger partial charge in [-0.3, -0.25) is 9.59 Å². The van der Waals surface area contributed by atoms with Gasteiger partial charge in [-0.05, 0) is 42.0 Å². The Balaban J connectivity index is 1.34. The summed E-state index contributed by atoms with van der Waals surface area (Å²) in [5.74, 6) is 1.09. The van der Waals surface area contributed by atoms with Crippen molar-refractivity contribution in [2.24, 2.45) is 11.3 Å². The molecule has 2 N–H and O–H groups in total. The Morgan fingerprint density at radius 3 is 2.71 bits per heavy atom. The van der Waals surface area contributed by atoms with Gasteiger partial charge in [0.2, 0.25) is 17.8 Å². The first-order valence-corrected chi connectivity index (χ1v) is 10.7. The Kier molecular flexibility index (Phi) is 5.50. The lowest BCUT2D eigenvalue weighted by Crippen LogP contribution is -2.51. The summed E-state index contributed by atoms with van der Waals surface area (Å²) in [6, 6.07) is 0. The van der Waals surface area contributed by atoms with E-state index < -0.39 is 5.41 Å². The first-order valence-electron chi connectivity index (χ1n) is 10.7. The summed E-state index contributed by atoms with van der Waals surface area (Å²) < 4.78 is 1.30. The third kappa shape index (κ3) is 3.84. The molecule has 3 fully saturated rings. The summed E-state index contributed by atoms with van der Waals surface area (Å²) in [6.45, 7) is 2.88. The molecule has 9 nitrogen and oxygen atoms in total. The van der Waals surface area contributed by atoms with Gasteiger partial charge >= 0.3 is 0 Å². The molecule has 28 heavy (non-hydrogen) atoms. The van der Waals surface area contributed by atoms with Gasteiger partial charge in [0.25, 0.3) is 0 Å². The number of piperidine rings is 1. The van der Waals surface area contributed by atoms with Gasteiger partial charge in [-0.1, -0.05) is 37.2 Å². The Hall–Kier alpha value is -2.19. The van der Waals surface area contributed by atoms with Crippen LogP contribution in [0.3, 0.4) is 0 Å². The molecule has 0 radical (unpaired) electrons. The number of tetrazole rings is 1. The van der Waals surface area contributed by atoms with Crippen LogP contribution in [0, 0.1) is 11.3 Å². The lowest BCUT2D eigenvalue weighted by atomic mass is 9.78. The third-order valence-corrected chi connectivity index (χ3v) is 6.91. The topological polar surface area (TPSA) is 110 Å². The number of hydrogen-bond donors (Lipinski definition) is 1. The number of anilines is 1. The van der Waals surface area contributed by atoms with Gasteiger partial charge < -0.3 is 15.5 Å². The highest BCUT2D eigenvalue weighted by molar-refractivity contribution is 5.86. The number of nitrogens with two attached hydrogens (primary N) is 1. The monoisotopic (exact) mass is 389 g/mol. The van der Waals surface area contributed by atoms with Crippen molar-refractivity contribution >= 4 is 17.8 Å². The minimum Gasteiger partial charge on any atom is -0.367 e. The average molecular weight is 390 g/mol. The number of nitrogens with zero attached hydrogens (tertiary/aromatic N) is 6. The fourth-order valence-electron chi connectivity index (χ4n) is 5.20. The summed E-state index contributed by atoms with van der Waals surface area (Å²) in [5, 5.41) is 10.8. The zero-order chi connectivity index (χ0) is 19.6. The summed E-state index contributed by atoms with van der Waals surface area (Å²) in [4.78, 5) is 29.8. The highest BCUT2D eigenvalue weighted by atomic mass is 16.2. The quantitative estimate of drug-likeness (QED) is 0.806. The van der Waals surface area contributed by atoms with Crippen molar-refractivity contribution in [3.8, 4) is 0 Å². The van der Waals surface area contributed by atoms with Crippen LogP contribution in [0.4, 0.5) is 5.95 Å². The van der Waals surface area contributed by atoms with Gasteiger partial charge in [0, 0.05) is 26.2 Å². The molecule has 154 valence electrons. The molecule has 1 aliphatic carbocycles. The molecule has 1 spiro atoms. The SMILES string of the molecule is Nc1nnnn1CC(=O)N1CCC2(CCCN(CCC3CCCCC3)C2=O)C1. The highest BCUT2D eigenvalue weighted by Crippen LogP contribution is 2.40. The van der Waals surface area contributed by atoms with Crippen LogP contribution in [0.5, 0.6) is 0 Å². The van der Waals surface area contributed by atoms with Crippen LogP contribution in [-0.4, -0.2) is 68.0 Å². The van der Waals surface area contributed by atoms with E-state index in [2.05, 4.69) is 20.4 Å². The normalized spacial score (nSPS) is 26.4. The van der Waals surface area contributed by atoms with Crippen LogP contribution >= 0.6 is 0 Å². The fourth-order valence-corrected chi connectivity index (χ4v) is 5.20. The molecule has 3 aliphatic rings. The molecule has 2 aliphatic heterocycles. The van der Waals surface area contributed by atoms with E-state index in [4.69, 9.17) is 5.73 Å². The lowest BCUT2D eigenvalue weighted by Gasteiger charge is -2.40. The standard InChI is InChI=1S/C19H31N7O2/c20-18-21-22-23-26(18)13-16(27)25-12-9-19(14-25)8-4-10-24(17(19)28)11-7-15-5-2-1-3-6-15/h15H,1-14H2,(H2,20,21,23). The van der Waals surface area contributed by atoms with Crippen molar-refractivity contribution in [2.75, 3.05) is 31.9 Å². The fraction of sp³-hybridized carbons (Fsp3) is 0.842. The minimum absolute atomic E-state index is 0.0223. The largest absolute Gasteiger partial charge is 0.367 e. The molecule has 3 heterocycles. The van der Waals surface area contributed by atoms with Crippen LogP contribution < -0.4 is 5.73 Å². The summed E-state index contributed by atoms with van der Waals surface area (Å²) in [5.41, 5.74) is 5.26. The maximum atomic E-state index is 13.3. The van der Waals surface area contributed by atoms with E-state index >= 15 is 0 Å². The van der Waals surface area contributed by atoms with Crippen LogP contribution in [0.25, 0.3) is 0 Å². The van der Waals surface area contributed by atoms with E-state index in [9.17, 15) is 9.59 Å². The van der Waals surface area contributed by atoms with Crippen molar-refractivity contribution in [3.05, 3.63) is 0 Å². The van der Waals surface area contributed by atoms with Gasteiger partial charge in [0.1, 0.15) is 6.54 Å². The van der Waals surface area contributed by atoms with Crippen LogP contribution in [-0.2, 0) is 16.1 Å². The second-order valence-electron chi connectivity index (χ2n) is 8.73. The zero-order valence-corrected chi connectivity index (χ0v) is 16.6. The number of amides is 2. The first kappa shape index (κ1) is 19.1. The van der Waals surface area contributed by atoms with Crippen molar-refractivity contribution < 1.29 is 9.59 Å². The summed E-state index contributed by atoms with van der Waals surface area (Å²) in [7, 11) is 0. The number of likely N-dealkylation sites (tertiary alicyclic amines) is 2. The molecule has 9 heteroatoms. The van der Waals surface area contributed by atoms with E-state index in [1.165, 1.54) is 36.8 Å². The predicted molar refractivity (Wildman–Crippen MR) is 103 cm³/mol. The maximum absolute atomic E-state index is 13.3. The van der Waals surface area contributed by atoms with Crippen molar-refractivity contribution in [3.63, 3.8) is 0 Å². The molecule has 2 saturated heterocycles. The first-order chi connectivity index (χ1) is 13.6. The molecule has 2 amide bonds. The van der Waals surface area contributed by atoms with Gasteiger partial charge in [0.05, 0.1) is 5.41 Å². The minimum atomic E-state index is -0.396. The van der Waals surface area contributed by atoms with E-state index in [0.717, 1.165) is 44.7 Å². The number of aromatic nitrogens is 4. The van der Waals surface area contributed by atoms with E-state index in [1.807, 2.05) is 0 Å². The van der Waals surface area contributed by atoms with Crippen LogP contribution in [0.1, 0.15) is 57.8 Å². The van der Waals surface area contributed by atoms with Gasteiger partial charge in [-0.2, -0.15) is 0 Å². The Morgan fingerprint density at radius 1 is 1.14 bits per heavy atom. The molecule has 1 saturated carbocycles. The highest BCUT2D eigenvalue weighted by Gasteiger charge is 2.49. The van der Waals surface area contributed by atoms with Crippen molar-refractivity contribution in [2.45, 2.75) is 64.3 Å². The number of hydrogen-bond acceptors (Lipinski definition) is 6. The maximum Gasteiger partial charge on any atom is 0.244 e. The molecular weight excluding hydrogens is 358 g/mol. The Bertz CT molecular complexity index is 715. The van der Waals surface area contributed by atoms with Crippen molar-refractivity contribution in [1.29, 1.82) is 0 Å². The Labute approximate surface area is 165 Å². The zero-order valence-electron chi connectivity index (χ0n) is 16.6. The summed E-state index contributed by atoms with van der Waals surface area (Å²) in [6.07, 6.45) is 10.5. The molecule has 0 bridgehead atoms. The average Bonchev–Trinajstić information content (AvgIpc) is 3.31. The molecule has 1 atom stereocenters. The number of carbonyl (C=O) groups excluding carboxylic acids is 2. The lowest BCUT2D eigenvalue weighted by molar-refractivity contribution is -0.146.